The molecule has 0 radical (unpaired) electrons. The van der Waals surface area contributed by atoms with Gasteiger partial charge in [0.1, 0.15) is 0 Å². The van der Waals surface area contributed by atoms with Crippen LogP contribution in [0.15, 0.2) is 18.2 Å². The number of hydrogen-bond acceptors (Lipinski definition) is 2. The van der Waals surface area contributed by atoms with Crippen molar-refractivity contribution in [1.82, 2.24) is 0 Å². The maximum Gasteiger partial charge on any atom is -0.147 e. The van der Waals surface area contributed by atoms with Crippen LogP contribution in [0.2, 0.25) is 0 Å². The van der Waals surface area contributed by atoms with Gasteiger partial charge in [0.25, 0.3) is 0 Å². The summed E-state index contributed by atoms with van der Waals surface area (Å²) in [7, 11) is 3.35. The molecule has 0 unspecified atom stereocenters. The van der Waals surface area contributed by atoms with Gasteiger partial charge in [0.15, 0.2) is 0 Å². The van der Waals surface area contributed by atoms with Crippen molar-refractivity contribution < 1.29 is 27.8 Å². The van der Waals surface area contributed by atoms with Crippen LogP contribution in [0.1, 0.15) is 0 Å². The number of rotatable bonds is 2. The van der Waals surface area contributed by atoms with Crippen LogP contribution in [0.3, 0.4) is 0 Å². The largest absolute Gasteiger partial charge is 0.147 e. The molecule has 0 heterocycles. The summed E-state index contributed by atoms with van der Waals surface area (Å²) in [5, 5.41) is 0. The summed E-state index contributed by atoms with van der Waals surface area (Å²) in [4.78, 5) is 0. The van der Waals surface area contributed by atoms with Crippen LogP contribution in [0.25, 0.3) is 0 Å². The maximum absolute atomic E-state index is 5.14. The van der Waals surface area contributed by atoms with Gasteiger partial charge >= 0.3 is 75.9 Å². The standard InChI is InChI=1S/C8H9O2.ClH.Zn/c1-9-7-4-3-5-8(6-7)10-2;;/h3-5H,1-2H3;1H;. The van der Waals surface area contributed by atoms with Gasteiger partial charge in [-0.15, -0.1) is 12.4 Å². The second kappa shape index (κ2) is 5.39. The third kappa shape index (κ3) is 2.36. The van der Waals surface area contributed by atoms with Gasteiger partial charge in [0.2, 0.25) is 0 Å². The molecule has 1 rings (SSSR count). The van der Waals surface area contributed by atoms with Gasteiger partial charge in [-0.1, -0.05) is 0 Å². The molecule has 0 saturated heterocycles. The Kier molecular flexibility index (Phi) is 5.27. The van der Waals surface area contributed by atoms with Crippen LogP contribution < -0.4 is 13.6 Å². The van der Waals surface area contributed by atoms with Crippen molar-refractivity contribution in [3.8, 4) is 11.5 Å². The molecule has 0 bridgehead atoms. The van der Waals surface area contributed by atoms with E-state index in [9.17, 15) is 0 Å². The van der Waals surface area contributed by atoms with E-state index in [2.05, 4.69) is 0 Å². The van der Waals surface area contributed by atoms with Crippen molar-refractivity contribution in [3.05, 3.63) is 18.2 Å². The van der Waals surface area contributed by atoms with Gasteiger partial charge in [0.05, 0.1) is 0 Å². The smallest absolute Gasteiger partial charge is 0.147 e. The predicted octanol–water partition coefficient (Wildman–Crippen LogP) is 1.30. The van der Waals surface area contributed by atoms with E-state index in [0.717, 1.165) is 34.0 Å². The van der Waals surface area contributed by atoms with Crippen LogP contribution in [0.5, 0.6) is 11.5 Å². The molecule has 1 aromatic rings. The van der Waals surface area contributed by atoms with E-state index >= 15 is 0 Å². The van der Waals surface area contributed by atoms with E-state index in [1.165, 1.54) is 0 Å². The Balaban J connectivity index is 0.00000121. The summed E-state index contributed by atoms with van der Waals surface area (Å²) >= 11 is 1.05. The zero-order valence-electron chi connectivity index (χ0n) is 7.16. The molecule has 0 aliphatic heterocycles. The average molecular weight is 239 g/mol. The molecule has 1 aromatic carbocycles. The Labute approximate surface area is 88.3 Å². The van der Waals surface area contributed by atoms with Crippen molar-refractivity contribution in [2.75, 3.05) is 14.2 Å². The third-order valence-corrected chi connectivity index (χ3v) is 2.99. The van der Waals surface area contributed by atoms with Crippen molar-refractivity contribution in [1.29, 1.82) is 0 Å². The van der Waals surface area contributed by atoms with Gasteiger partial charge in [-0.2, -0.15) is 0 Å². The number of ether oxygens (including phenoxy) is 2. The van der Waals surface area contributed by atoms with E-state index in [0.29, 0.717) is 0 Å². The maximum atomic E-state index is 5.14. The van der Waals surface area contributed by atoms with Crippen molar-refractivity contribution in [2.24, 2.45) is 0 Å². The fraction of sp³-hybridized carbons (Fsp3) is 0.250. The molecule has 0 saturated carbocycles. The van der Waals surface area contributed by atoms with Crippen LogP contribution in [-0.2, 0) is 18.3 Å². The normalized spacial score (nSPS) is 8.67. The second-order valence-electron chi connectivity index (χ2n) is 2.14. The van der Waals surface area contributed by atoms with Gasteiger partial charge in [0, 0.05) is 0 Å². The van der Waals surface area contributed by atoms with E-state index in [1.54, 1.807) is 14.2 Å². The first-order chi connectivity index (χ1) is 5.29. The molecule has 0 fully saturated rings. The first-order valence-corrected chi connectivity index (χ1v) is 4.81. The molecule has 0 N–H and O–H groups in total. The van der Waals surface area contributed by atoms with Crippen molar-refractivity contribution in [3.63, 3.8) is 0 Å². The topological polar surface area (TPSA) is 18.5 Å². The molecule has 63 valence electrons. The van der Waals surface area contributed by atoms with Gasteiger partial charge in [-0.3, -0.25) is 0 Å². The molecule has 2 nitrogen and oxygen atoms in total. The Hall–Kier alpha value is -0.267. The molecule has 0 atom stereocenters. The van der Waals surface area contributed by atoms with Gasteiger partial charge < -0.3 is 0 Å². The monoisotopic (exact) mass is 237 g/mol. The predicted molar refractivity (Wildman–Crippen MR) is 46.4 cm³/mol. The first-order valence-electron chi connectivity index (χ1n) is 3.32. The molecule has 0 spiro atoms. The summed E-state index contributed by atoms with van der Waals surface area (Å²) < 4.78 is 11.4. The molecular formula is C8H10ClO2Zn. The fourth-order valence-electron chi connectivity index (χ4n) is 0.928. The summed E-state index contributed by atoms with van der Waals surface area (Å²) in [6, 6.07) is 5.82. The molecule has 0 aliphatic rings. The average Bonchev–Trinajstić information content (AvgIpc) is 2.05. The Morgan fingerprint density at radius 3 is 1.83 bits per heavy atom. The van der Waals surface area contributed by atoms with Crippen molar-refractivity contribution >= 4 is 16.6 Å². The zero-order valence-corrected chi connectivity index (χ0v) is 10.9. The summed E-state index contributed by atoms with van der Waals surface area (Å²) in [6.07, 6.45) is 0. The summed E-state index contributed by atoms with van der Waals surface area (Å²) in [5.41, 5.74) is 0. The zero-order chi connectivity index (χ0) is 8.27. The Morgan fingerprint density at radius 1 is 1.08 bits per heavy atom. The fourth-order valence-corrected chi connectivity index (χ4v) is 2.03. The Morgan fingerprint density at radius 2 is 1.50 bits per heavy atom. The van der Waals surface area contributed by atoms with Crippen LogP contribution >= 0.6 is 12.4 Å². The molecular weight excluding hydrogens is 229 g/mol. The molecule has 12 heavy (non-hydrogen) atoms. The first kappa shape index (κ1) is 11.7. The second-order valence-corrected chi connectivity index (χ2v) is 3.62. The molecule has 0 amide bonds. The molecule has 0 aromatic heterocycles. The van der Waals surface area contributed by atoms with E-state index in [1.807, 2.05) is 18.2 Å². The SMILES string of the molecule is COc1cccc(OC)[c]1[Zn].Cl. The quantitative estimate of drug-likeness (QED) is 0.724. The van der Waals surface area contributed by atoms with Crippen molar-refractivity contribution in [2.45, 2.75) is 0 Å². The van der Waals surface area contributed by atoms with E-state index < -0.39 is 0 Å². The van der Waals surface area contributed by atoms with E-state index in [4.69, 9.17) is 9.47 Å². The minimum Gasteiger partial charge on any atom is -0.147 e. The molecule has 4 heteroatoms. The number of hydrogen-bond donors (Lipinski definition) is 0. The Bertz CT molecular complexity index is 231. The van der Waals surface area contributed by atoms with Gasteiger partial charge in [-0.05, 0) is 0 Å². The number of methoxy groups -OCH3 is 2. The van der Waals surface area contributed by atoms with Crippen LogP contribution in [0, 0.1) is 0 Å². The minimum atomic E-state index is 0. The summed E-state index contributed by atoms with van der Waals surface area (Å²) in [6.45, 7) is 0. The van der Waals surface area contributed by atoms with E-state index in [-0.39, 0.29) is 12.4 Å². The van der Waals surface area contributed by atoms with Gasteiger partial charge in [-0.25, -0.2) is 0 Å². The van der Waals surface area contributed by atoms with Crippen LogP contribution in [-0.4, -0.2) is 14.2 Å². The summed E-state index contributed by atoms with van der Waals surface area (Å²) in [5.74, 6) is 1.84. The van der Waals surface area contributed by atoms with Crippen LogP contribution in [0.4, 0.5) is 0 Å². The minimum absolute atomic E-state index is 0. The molecule has 0 aliphatic carbocycles. The number of benzene rings is 1. The number of halogens is 1. The third-order valence-electron chi connectivity index (χ3n) is 1.53.